The molecule has 0 aliphatic carbocycles. The number of methoxy groups -OCH3 is 1. The van der Waals surface area contributed by atoms with Gasteiger partial charge in [-0.15, -0.1) is 0 Å². The summed E-state index contributed by atoms with van der Waals surface area (Å²) in [5.41, 5.74) is 2.02. The lowest BCUT2D eigenvalue weighted by atomic mass is 10.1. The molecule has 0 aliphatic rings. The van der Waals surface area contributed by atoms with Gasteiger partial charge in [-0.3, -0.25) is 4.79 Å². The van der Waals surface area contributed by atoms with Crippen LogP contribution < -0.4 is 20.7 Å². The highest BCUT2D eigenvalue weighted by molar-refractivity contribution is 5.92. The predicted octanol–water partition coefficient (Wildman–Crippen LogP) is 3.81. The highest BCUT2D eigenvalue weighted by atomic mass is 16.6. The first-order chi connectivity index (χ1) is 13.7. The highest BCUT2D eigenvalue weighted by Gasteiger charge is 2.15. The van der Waals surface area contributed by atoms with Gasteiger partial charge in [0.1, 0.15) is 11.4 Å². The molecule has 2 rings (SSSR count). The number of hydrogen-bond donors (Lipinski definition) is 3. The Morgan fingerprint density at radius 2 is 1.52 bits per heavy atom. The molecule has 0 unspecified atom stereocenters. The van der Waals surface area contributed by atoms with Gasteiger partial charge < -0.3 is 25.4 Å². The highest BCUT2D eigenvalue weighted by Crippen LogP contribution is 2.15. The molecule has 2 aromatic rings. The van der Waals surface area contributed by atoms with E-state index in [1.807, 2.05) is 69.3 Å². The third-order valence-electron chi connectivity index (χ3n) is 3.81. The third-order valence-corrected chi connectivity index (χ3v) is 3.81. The van der Waals surface area contributed by atoms with Crippen LogP contribution in [0.1, 0.15) is 26.3 Å². The number of anilines is 2. The second-order valence-corrected chi connectivity index (χ2v) is 7.51. The number of ether oxygens (including phenoxy) is 2. The van der Waals surface area contributed by atoms with Gasteiger partial charge in [0, 0.05) is 24.5 Å². The number of alkyl carbamates (subject to hydrolysis) is 1. The Hall–Kier alpha value is -3.22. The molecule has 0 heterocycles. The molecule has 0 atom stereocenters. The van der Waals surface area contributed by atoms with Gasteiger partial charge in [0.05, 0.1) is 13.5 Å². The summed E-state index contributed by atoms with van der Waals surface area (Å²) in [5.74, 6) is 0.677. The van der Waals surface area contributed by atoms with Crippen molar-refractivity contribution in [3.05, 3.63) is 54.1 Å². The molecular formula is C22H29N3O4. The predicted molar refractivity (Wildman–Crippen MR) is 114 cm³/mol. The summed E-state index contributed by atoms with van der Waals surface area (Å²) in [6.45, 7) is 6.46. The van der Waals surface area contributed by atoms with Crippen molar-refractivity contribution in [3.63, 3.8) is 0 Å². The molecule has 0 spiro atoms. The molecule has 2 amide bonds. The van der Waals surface area contributed by atoms with Gasteiger partial charge in [-0.1, -0.05) is 12.1 Å². The van der Waals surface area contributed by atoms with Crippen molar-refractivity contribution in [1.29, 1.82) is 0 Å². The molecule has 7 nitrogen and oxygen atoms in total. The normalized spacial score (nSPS) is 10.8. The van der Waals surface area contributed by atoms with E-state index in [-0.39, 0.29) is 5.91 Å². The fourth-order valence-corrected chi connectivity index (χ4v) is 2.49. The second kappa shape index (κ2) is 10.4. The molecular weight excluding hydrogens is 370 g/mol. The minimum absolute atomic E-state index is 0.0857. The van der Waals surface area contributed by atoms with Crippen molar-refractivity contribution >= 4 is 23.4 Å². The van der Waals surface area contributed by atoms with Crippen LogP contribution in [0.5, 0.6) is 5.75 Å². The van der Waals surface area contributed by atoms with E-state index in [0.29, 0.717) is 19.5 Å². The summed E-state index contributed by atoms with van der Waals surface area (Å²) < 4.78 is 10.3. The van der Waals surface area contributed by atoms with E-state index in [0.717, 1.165) is 22.7 Å². The Morgan fingerprint density at radius 3 is 2.10 bits per heavy atom. The summed E-state index contributed by atoms with van der Waals surface area (Å²) in [4.78, 5) is 23.8. The number of carbonyl (C=O) groups excluding carboxylic acids is 2. The zero-order valence-electron chi connectivity index (χ0n) is 17.4. The SMILES string of the molecule is COc1ccc(CC(=O)Nc2ccc(NCCNC(=O)OC(C)(C)C)cc2)cc1. The van der Waals surface area contributed by atoms with Gasteiger partial charge in [0.15, 0.2) is 0 Å². The lowest BCUT2D eigenvalue weighted by Crippen LogP contribution is -2.34. The Balaban J connectivity index is 1.72. The number of benzene rings is 2. The Kier molecular flexibility index (Phi) is 7.88. The maximum absolute atomic E-state index is 12.2. The van der Waals surface area contributed by atoms with Crippen LogP contribution in [-0.2, 0) is 16.0 Å². The second-order valence-electron chi connectivity index (χ2n) is 7.51. The van der Waals surface area contributed by atoms with E-state index in [1.165, 1.54) is 0 Å². The van der Waals surface area contributed by atoms with Crippen LogP contribution in [0.15, 0.2) is 48.5 Å². The Morgan fingerprint density at radius 1 is 0.897 bits per heavy atom. The van der Waals surface area contributed by atoms with Gasteiger partial charge >= 0.3 is 6.09 Å². The van der Waals surface area contributed by atoms with E-state index >= 15 is 0 Å². The zero-order chi connectivity index (χ0) is 21.3. The summed E-state index contributed by atoms with van der Waals surface area (Å²) in [6, 6.07) is 14.8. The van der Waals surface area contributed by atoms with E-state index in [2.05, 4.69) is 16.0 Å². The largest absolute Gasteiger partial charge is 0.497 e. The lowest BCUT2D eigenvalue weighted by molar-refractivity contribution is -0.115. The number of nitrogens with one attached hydrogen (secondary N) is 3. The maximum Gasteiger partial charge on any atom is 0.407 e. The quantitative estimate of drug-likeness (QED) is 0.588. The molecule has 29 heavy (non-hydrogen) atoms. The van der Waals surface area contributed by atoms with Gasteiger partial charge in [-0.05, 0) is 62.7 Å². The molecule has 7 heteroatoms. The zero-order valence-corrected chi connectivity index (χ0v) is 17.4. The molecule has 0 aromatic heterocycles. The van der Waals surface area contributed by atoms with E-state index in [4.69, 9.17) is 9.47 Å². The van der Waals surface area contributed by atoms with Gasteiger partial charge in [-0.2, -0.15) is 0 Å². The minimum Gasteiger partial charge on any atom is -0.497 e. The summed E-state index contributed by atoms with van der Waals surface area (Å²) >= 11 is 0. The molecule has 0 aliphatic heterocycles. The van der Waals surface area contributed by atoms with Gasteiger partial charge in [0.2, 0.25) is 5.91 Å². The molecule has 2 aromatic carbocycles. The first kappa shape index (κ1) is 22.1. The number of amides is 2. The fraction of sp³-hybridized carbons (Fsp3) is 0.364. The van der Waals surface area contributed by atoms with Crippen LogP contribution in [0.3, 0.4) is 0 Å². The first-order valence-electron chi connectivity index (χ1n) is 9.49. The fourth-order valence-electron chi connectivity index (χ4n) is 2.49. The first-order valence-corrected chi connectivity index (χ1v) is 9.49. The van der Waals surface area contributed by atoms with Crippen molar-refractivity contribution in [2.45, 2.75) is 32.8 Å². The standard InChI is InChI=1S/C22H29N3O4/c1-22(2,3)29-21(27)24-14-13-23-17-7-9-18(10-8-17)25-20(26)15-16-5-11-19(28-4)12-6-16/h5-12,23H,13-15H2,1-4H3,(H,24,27)(H,25,26). The number of hydrogen-bond acceptors (Lipinski definition) is 5. The molecule has 0 radical (unpaired) electrons. The van der Waals surface area contributed by atoms with E-state index in [1.54, 1.807) is 7.11 Å². The minimum atomic E-state index is -0.509. The van der Waals surface area contributed by atoms with Crippen LogP contribution >= 0.6 is 0 Å². The van der Waals surface area contributed by atoms with Crippen molar-refractivity contribution in [1.82, 2.24) is 5.32 Å². The Bertz CT molecular complexity index is 796. The maximum atomic E-state index is 12.2. The van der Waals surface area contributed by atoms with Crippen molar-refractivity contribution in [2.75, 3.05) is 30.8 Å². The third kappa shape index (κ3) is 8.55. The molecule has 156 valence electrons. The van der Waals surface area contributed by atoms with Crippen LogP contribution in [0.4, 0.5) is 16.2 Å². The molecule has 0 bridgehead atoms. The summed E-state index contributed by atoms with van der Waals surface area (Å²) in [5, 5.41) is 8.77. The van der Waals surface area contributed by atoms with Crippen LogP contribution in [0.25, 0.3) is 0 Å². The van der Waals surface area contributed by atoms with Crippen molar-refractivity contribution in [2.24, 2.45) is 0 Å². The average molecular weight is 399 g/mol. The summed E-state index contributed by atoms with van der Waals surface area (Å²) in [6.07, 6.45) is -0.144. The van der Waals surface area contributed by atoms with Gasteiger partial charge in [0.25, 0.3) is 0 Å². The van der Waals surface area contributed by atoms with Crippen LogP contribution in [0.2, 0.25) is 0 Å². The number of rotatable bonds is 8. The molecule has 0 saturated carbocycles. The van der Waals surface area contributed by atoms with Gasteiger partial charge in [-0.25, -0.2) is 4.79 Å². The molecule has 3 N–H and O–H groups in total. The average Bonchev–Trinajstić information content (AvgIpc) is 2.65. The van der Waals surface area contributed by atoms with E-state index < -0.39 is 11.7 Å². The molecule has 0 fully saturated rings. The van der Waals surface area contributed by atoms with Crippen molar-refractivity contribution < 1.29 is 19.1 Å². The summed E-state index contributed by atoms with van der Waals surface area (Å²) in [7, 11) is 1.61. The van der Waals surface area contributed by atoms with E-state index in [9.17, 15) is 9.59 Å². The topological polar surface area (TPSA) is 88.7 Å². The number of carbonyl (C=O) groups is 2. The molecule has 0 saturated heterocycles. The lowest BCUT2D eigenvalue weighted by Gasteiger charge is -2.19. The van der Waals surface area contributed by atoms with Crippen molar-refractivity contribution in [3.8, 4) is 5.75 Å². The van der Waals surface area contributed by atoms with Crippen LogP contribution in [0, 0.1) is 0 Å². The smallest absolute Gasteiger partial charge is 0.407 e. The Labute approximate surface area is 171 Å². The van der Waals surface area contributed by atoms with Crippen LogP contribution in [-0.4, -0.2) is 37.8 Å². The monoisotopic (exact) mass is 399 g/mol.